The highest BCUT2D eigenvalue weighted by Crippen LogP contribution is 2.29. The fraction of sp³-hybridized carbons (Fsp3) is 0.0870. The Labute approximate surface area is 173 Å². The number of para-hydroxylation sites is 2. The van der Waals surface area contributed by atoms with E-state index in [1.165, 1.54) is 0 Å². The third kappa shape index (κ3) is 4.52. The lowest BCUT2D eigenvalue weighted by atomic mass is 10.2. The quantitative estimate of drug-likeness (QED) is 0.453. The molecule has 144 valence electrons. The Kier molecular flexibility index (Phi) is 5.68. The van der Waals surface area contributed by atoms with Crippen LogP contribution in [0.25, 0.3) is 22.3 Å². The second kappa shape index (κ2) is 8.71. The summed E-state index contributed by atoms with van der Waals surface area (Å²) in [7, 11) is 0. The van der Waals surface area contributed by atoms with Crippen LogP contribution in [0.2, 0.25) is 5.02 Å². The fourth-order valence-electron chi connectivity index (χ4n) is 3.01. The molecule has 2 N–H and O–H groups in total. The Hall–Kier alpha value is -3.44. The number of benzene rings is 3. The van der Waals surface area contributed by atoms with Crippen molar-refractivity contribution in [1.29, 1.82) is 0 Å². The van der Waals surface area contributed by atoms with Crippen molar-refractivity contribution in [2.45, 2.75) is 6.42 Å². The van der Waals surface area contributed by atoms with E-state index in [1.807, 2.05) is 78.9 Å². The van der Waals surface area contributed by atoms with Crippen LogP contribution in [-0.4, -0.2) is 22.4 Å². The van der Waals surface area contributed by atoms with Crippen molar-refractivity contribution >= 4 is 39.9 Å². The van der Waals surface area contributed by atoms with Gasteiger partial charge in [0.15, 0.2) is 5.82 Å². The number of fused-ring (bicyclic) bond motifs is 1. The summed E-state index contributed by atoms with van der Waals surface area (Å²) >= 11 is 6.33. The number of amides is 1. The molecule has 6 heteroatoms. The molecule has 0 atom stereocenters. The molecule has 0 radical (unpaired) electrons. The van der Waals surface area contributed by atoms with Gasteiger partial charge in [-0.2, -0.15) is 0 Å². The number of halogens is 1. The van der Waals surface area contributed by atoms with Crippen molar-refractivity contribution < 1.29 is 4.79 Å². The first-order valence-corrected chi connectivity index (χ1v) is 9.69. The van der Waals surface area contributed by atoms with Gasteiger partial charge in [-0.05, 0) is 36.4 Å². The Bertz CT molecular complexity index is 1150. The Morgan fingerprint density at radius 3 is 2.41 bits per heavy atom. The maximum atomic E-state index is 12.2. The minimum absolute atomic E-state index is 0.0617. The second-order valence-electron chi connectivity index (χ2n) is 6.48. The third-order valence-electron chi connectivity index (χ3n) is 4.42. The fourth-order valence-corrected chi connectivity index (χ4v) is 3.23. The Balaban J connectivity index is 1.53. The first-order chi connectivity index (χ1) is 14.2. The number of carbonyl (C=O) groups excluding carboxylic acids is 1. The molecule has 5 nitrogen and oxygen atoms in total. The van der Waals surface area contributed by atoms with Gasteiger partial charge in [0.05, 0.1) is 10.5 Å². The smallest absolute Gasteiger partial charge is 0.226 e. The minimum Gasteiger partial charge on any atom is -0.369 e. The van der Waals surface area contributed by atoms with Crippen molar-refractivity contribution in [3.63, 3.8) is 0 Å². The predicted octanol–water partition coefficient (Wildman–Crippen LogP) is 5.39. The summed E-state index contributed by atoms with van der Waals surface area (Å²) in [5.41, 5.74) is 2.37. The van der Waals surface area contributed by atoms with Gasteiger partial charge in [-0.1, -0.05) is 54.1 Å². The molecule has 0 saturated heterocycles. The molecule has 29 heavy (non-hydrogen) atoms. The SMILES string of the molecule is O=C(CCNc1nc(-c2ccccc2Cl)nc2ccccc12)Nc1ccccc1. The zero-order chi connectivity index (χ0) is 20.1. The molecule has 0 aliphatic carbocycles. The van der Waals surface area contributed by atoms with Crippen LogP contribution in [0.3, 0.4) is 0 Å². The van der Waals surface area contributed by atoms with Gasteiger partial charge in [-0.15, -0.1) is 0 Å². The monoisotopic (exact) mass is 402 g/mol. The zero-order valence-electron chi connectivity index (χ0n) is 15.6. The molecule has 0 saturated carbocycles. The predicted molar refractivity (Wildman–Crippen MR) is 118 cm³/mol. The topological polar surface area (TPSA) is 66.9 Å². The molecule has 0 spiro atoms. The highest BCUT2D eigenvalue weighted by Gasteiger charge is 2.12. The molecular formula is C23H19ClN4O. The maximum Gasteiger partial charge on any atom is 0.226 e. The van der Waals surface area contributed by atoms with Crippen molar-refractivity contribution in [1.82, 2.24) is 9.97 Å². The van der Waals surface area contributed by atoms with Gasteiger partial charge in [-0.3, -0.25) is 4.79 Å². The van der Waals surface area contributed by atoms with Crippen LogP contribution >= 0.6 is 11.6 Å². The first kappa shape index (κ1) is 18.9. The van der Waals surface area contributed by atoms with E-state index < -0.39 is 0 Å². The average molecular weight is 403 g/mol. The van der Waals surface area contributed by atoms with E-state index in [1.54, 1.807) is 0 Å². The van der Waals surface area contributed by atoms with Crippen LogP contribution in [0.4, 0.5) is 11.5 Å². The van der Waals surface area contributed by atoms with Crippen molar-refractivity contribution in [2.24, 2.45) is 0 Å². The lowest BCUT2D eigenvalue weighted by Gasteiger charge is -2.12. The third-order valence-corrected chi connectivity index (χ3v) is 4.75. The first-order valence-electron chi connectivity index (χ1n) is 9.31. The van der Waals surface area contributed by atoms with Crippen LogP contribution in [-0.2, 0) is 4.79 Å². The molecule has 0 aliphatic heterocycles. The number of nitrogens with one attached hydrogen (secondary N) is 2. The molecule has 3 aromatic carbocycles. The van der Waals surface area contributed by atoms with Crippen LogP contribution in [0.5, 0.6) is 0 Å². The van der Waals surface area contributed by atoms with E-state index in [4.69, 9.17) is 11.6 Å². The number of anilines is 2. The molecule has 4 rings (SSSR count). The van der Waals surface area contributed by atoms with E-state index in [2.05, 4.69) is 20.6 Å². The minimum atomic E-state index is -0.0617. The number of hydrogen-bond donors (Lipinski definition) is 2. The van der Waals surface area contributed by atoms with E-state index in [0.29, 0.717) is 29.6 Å². The summed E-state index contributed by atoms with van der Waals surface area (Å²) in [5, 5.41) is 7.65. The van der Waals surface area contributed by atoms with Gasteiger partial charge in [0.25, 0.3) is 0 Å². The highest BCUT2D eigenvalue weighted by atomic mass is 35.5. The van der Waals surface area contributed by atoms with Gasteiger partial charge in [0.2, 0.25) is 5.91 Å². The van der Waals surface area contributed by atoms with Crippen LogP contribution in [0.15, 0.2) is 78.9 Å². The lowest BCUT2D eigenvalue weighted by Crippen LogP contribution is -2.16. The standard InChI is InChI=1S/C23H19ClN4O/c24-19-12-6-4-10-17(19)23-27-20-13-7-5-11-18(20)22(28-23)25-15-14-21(29)26-16-8-2-1-3-9-16/h1-13H,14-15H2,(H,26,29)(H,25,27,28). The second-order valence-corrected chi connectivity index (χ2v) is 6.89. The summed E-state index contributed by atoms with van der Waals surface area (Å²) < 4.78 is 0. The Morgan fingerprint density at radius 1 is 0.862 bits per heavy atom. The van der Waals surface area contributed by atoms with Gasteiger partial charge in [-0.25, -0.2) is 9.97 Å². The highest BCUT2D eigenvalue weighted by molar-refractivity contribution is 6.33. The number of aromatic nitrogens is 2. The van der Waals surface area contributed by atoms with Gasteiger partial charge >= 0.3 is 0 Å². The van der Waals surface area contributed by atoms with Crippen LogP contribution in [0.1, 0.15) is 6.42 Å². The molecule has 0 aliphatic rings. The summed E-state index contributed by atoms with van der Waals surface area (Å²) in [6.07, 6.45) is 0.314. The number of nitrogens with zero attached hydrogens (tertiary/aromatic N) is 2. The largest absolute Gasteiger partial charge is 0.369 e. The van der Waals surface area contributed by atoms with Crippen molar-refractivity contribution in [3.8, 4) is 11.4 Å². The molecular weight excluding hydrogens is 384 g/mol. The molecule has 4 aromatic rings. The maximum absolute atomic E-state index is 12.2. The molecule has 1 aromatic heterocycles. The average Bonchev–Trinajstić information content (AvgIpc) is 2.74. The van der Waals surface area contributed by atoms with Crippen LogP contribution < -0.4 is 10.6 Å². The van der Waals surface area contributed by atoms with Crippen LogP contribution in [0, 0.1) is 0 Å². The number of rotatable bonds is 6. The summed E-state index contributed by atoms with van der Waals surface area (Å²) in [6, 6.07) is 24.7. The number of carbonyl (C=O) groups is 1. The molecule has 0 bridgehead atoms. The van der Waals surface area contributed by atoms with E-state index in [-0.39, 0.29) is 5.91 Å². The molecule has 1 heterocycles. The normalized spacial score (nSPS) is 10.7. The zero-order valence-corrected chi connectivity index (χ0v) is 16.4. The van der Waals surface area contributed by atoms with Gasteiger partial charge < -0.3 is 10.6 Å². The molecule has 0 fully saturated rings. The number of hydrogen-bond acceptors (Lipinski definition) is 4. The van der Waals surface area contributed by atoms with E-state index in [9.17, 15) is 4.79 Å². The van der Waals surface area contributed by atoms with Crippen molar-refractivity contribution in [2.75, 3.05) is 17.2 Å². The molecule has 1 amide bonds. The van der Waals surface area contributed by atoms with E-state index in [0.717, 1.165) is 22.2 Å². The summed E-state index contributed by atoms with van der Waals surface area (Å²) in [5.74, 6) is 1.16. The van der Waals surface area contributed by atoms with Crippen molar-refractivity contribution in [3.05, 3.63) is 83.9 Å². The van der Waals surface area contributed by atoms with E-state index >= 15 is 0 Å². The van der Waals surface area contributed by atoms with Gasteiger partial charge in [0, 0.05) is 29.6 Å². The lowest BCUT2D eigenvalue weighted by molar-refractivity contribution is -0.115. The molecule has 0 unspecified atom stereocenters. The summed E-state index contributed by atoms with van der Waals surface area (Å²) in [4.78, 5) is 21.5. The summed E-state index contributed by atoms with van der Waals surface area (Å²) in [6.45, 7) is 0.446. The Morgan fingerprint density at radius 2 is 1.59 bits per heavy atom. The van der Waals surface area contributed by atoms with Gasteiger partial charge in [0.1, 0.15) is 5.82 Å².